The maximum atomic E-state index is 12.5. The Kier molecular flexibility index (Phi) is 5.59. The summed E-state index contributed by atoms with van der Waals surface area (Å²) in [5.41, 5.74) is 1.99. The van der Waals surface area contributed by atoms with Crippen LogP contribution in [-0.4, -0.2) is 12.0 Å². The largest absolute Gasteiger partial charge is 0.481 e. The van der Waals surface area contributed by atoms with Gasteiger partial charge in [0.1, 0.15) is 5.75 Å². The van der Waals surface area contributed by atoms with Gasteiger partial charge in [-0.3, -0.25) is 4.79 Å². The zero-order valence-electron chi connectivity index (χ0n) is 13.4. The van der Waals surface area contributed by atoms with Crippen molar-refractivity contribution in [2.24, 2.45) is 0 Å². The van der Waals surface area contributed by atoms with Gasteiger partial charge in [0.25, 0.3) is 5.91 Å². The molecule has 1 unspecified atom stereocenters. The van der Waals surface area contributed by atoms with Crippen molar-refractivity contribution < 1.29 is 9.53 Å². The van der Waals surface area contributed by atoms with Gasteiger partial charge in [0.15, 0.2) is 6.10 Å². The number of ether oxygens (including phenoxy) is 1. The van der Waals surface area contributed by atoms with E-state index in [1.807, 2.05) is 61.5 Å². The standard InChI is InChI=1S/C19H23NO2/c1-4-18(22-15-10-6-5-7-11-15)19(21)20-17-13-9-8-12-16(17)14(2)3/h5-14,18H,4H2,1-3H3,(H,20,21). The van der Waals surface area contributed by atoms with Gasteiger partial charge in [-0.2, -0.15) is 0 Å². The molecule has 0 saturated carbocycles. The summed E-state index contributed by atoms with van der Waals surface area (Å²) < 4.78 is 5.79. The first-order valence-electron chi connectivity index (χ1n) is 7.73. The summed E-state index contributed by atoms with van der Waals surface area (Å²) in [6.45, 7) is 6.17. The van der Waals surface area contributed by atoms with Gasteiger partial charge in [0.05, 0.1) is 0 Å². The predicted octanol–water partition coefficient (Wildman–Crippen LogP) is 4.61. The fourth-order valence-electron chi connectivity index (χ4n) is 2.31. The highest BCUT2D eigenvalue weighted by Crippen LogP contribution is 2.24. The van der Waals surface area contributed by atoms with Gasteiger partial charge in [0.2, 0.25) is 0 Å². The van der Waals surface area contributed by atoms with E-state index in [-0.39, 0.29) is 5.91 Å². The zero-order valence-corrected chi connectivity index (χ0v) is 13.4. The third-order valence-electron chi connectivity index (χ3n) is 3.53. The lowest BCUT2D eigenvalue weighted by atomic mass is 10.0. The Balaban J connectivity index is 2.10. The Hall–Kier alpha value is -2.29. The summed E-state index contributed by atoms with van der Waals surface area (Å²) in [4.78, 5) is 12.5. The smallest absolute Gasteiger partial charge is 0.265 e. The Morgan fingerprint density at radius 2 is 1.68 bits per heavy atom. The van der Waals surface area contributed by atoms with E-state index in [0.717, 1.165) is 11.3 Å². The van der Waals surface area contributed by atoms with E-state index in [1.165, 1.54) is 0 Å². The molecule has 2 aromatic carbocycles. The number of carbonyl (C=O) groups is 1. The molecular weight excluding hydrogens is 274 g/mol. The first-order valence-corrected chi connectivity index (χ1v) is 7.73. The third-order valence-corrected chi connectivity index (χ3v) is 3.53. The van der Waals surface area contributed by atoms with Crippen LogP contribution in [0.3, 0.4) is 0 Å². The van der Waals surface area contributed by atoms with Crippen LogP contribution in [0.5, 0.6) is 5.75 Å². The maximum Gasteiger partial charge on any atom is 0.265 e. The highest BCUT2D eigenvalue weighted by Gasteiger charge is 2.19. The zero-order chi connectivity index (χ0) is 15.9. The number of anilines is 1. The minimum absolute atomic E-state index is 0.112. The lowest BCUT2D eigenvalue weighted by Gasteiger charge is -2.19. The van der Waals surface area contributed by atoms with Crippen molar-refractivity contribution in [2.45, 2.75) is 39.2 Å². The van der Waals surface area contributed by atoms with E-state index in [0.29, 0.717) is 18.1 Å². The van der Waals surface area contributed by atoms with E-state index in [9.17, 15) is 4.79 Å². The number of nitrogens with one attached hydrogen (secondary N) is 1. The monoisotopic (exact) mass is 297 g/mol. The first kappa shape index (κ1) is 16.1. The molecule has 0 heterocycles. The molecule has 116 valence electrons. The lowest BCUT2D eigenvalue weighted by Crippen LogP contribution is -2.32. The van der Waals surface area contributed by atoms with Crippen molar-refractivity contribution in [1.82, 2.24) is 0 Å². The van der Waals surface area contributed by atoms with Crippen LogP contribution in [0.4, 0.5) is 5.69 Å². The first-order chi connectivity index (χ1) is 10.6. The topological polar surface area (TPSA) is 38.3 Å². The summed E-state index contributed by atoms with van der Waals surface area (Å²) in [5, 5.41) is 3.00. The molecule has 0 saturated heterocycles. The van der Waals surface area contributed by atoms with E-state index in [2.05, 4.69) is 19.2 Å². The summed E-state index contributed by atoms with van der Waals surface area (Å²) in [5.74, 6) is 0.952. The van der Waals surface area contributed by atoms with E-state index >= 15 is 0 Å². The molecule has 2 rings (SSSR count). The van der Waals surface area contributed by atoms with Crippen LogP contribution in [0.25, 0.3) is 0 Å². The van der Waals surface area contributed by atoms with Gasteiger partial charge in [-0.05, 0) is 36.1 Å². The lowest BCUT2D eigenvalue weighted by molar-refractivity contribution is -0.122. The molecule has 0 bridgehead atoms. The predicted molar refractivity (Wildman–Crippen MR) is 90.3 cm³/mol. The molecule has 0 aliphatic rings. The molecule has 22 heavy (non-hydrogen) atoms. The Morgan fingerprint density at radius 3 is 2.32 bits per heavy atom. The van der Waals surface area contributed by atoms with Crippen LogP contribution in [0.15, 0.2) is 54.6 Å². The maximum absolute atomic E-state index is 12.5. The molecule has 1 amide bonds. The second-order valence-corrected chi connectivity index (χ2v) is 5.56. The molecule has 0 aliphatic carbocycles. The van der Waals surface area contributed by atoms with E-state index in [1.54, 1.807) is 0 Å². The molecule has 1 N–H and O–H groups in total. The molecule has 3 heteroatoms. The average Bonchev–Trinajstić information content (AvgIpc) is 2.53. The van der Waals surface area contributed by atoms with E-state index in [4.69, 9.17) is 4.74 Å². The van der Waals surface area contributed by atoms with Crippen LogP contribution in [0, 0.1) is 0 Å². The van der Waals surface area contributed by atoms with Crippen LogP contribution in [0.1, 0.15) is 38.7 Å². The third kappa shape index (κ3) is 4.10. The minimum atomic E-state index is -0.498. The Bertz CT molecular complexity index is 608. The molecular formula is C19H23NO2. The highest BCUT2D eigenvalue weighted by molar-refractivity contribution is 5.95. The number of carbonyl (C=O) groups excluding carboxylic acids is 1. The SMILES string of the molecule is CCC(Oc1ccccc1)C(=O)Nc1ccccc1C(C)C. The summed E-state index contributed by atoms with van der Waals surface area (Å²) in [7, 11) is 0. The highest BCUT2D eigenvalue weighted by atomic mass is 16.5. The normalized spacial score (nSPS) is 12.0. The summed E-state index contributed by atoms with van der Waals surface area (Å²) in [6, 6.07) is 17.3. The van der Waals surface area contributed by atoms with Crippen LogP contribution < -0.4 is 10.1 Å². The number of rotatable bonds is 6. The van der Waals surface area contributed by atoms with Crippen molar-refractivity contribution >= 4 is 11.6 Å². The average molecular weight is 297 g/mol. The van der Waals surface area contributed by atoms with Gasteiger partial charge in [0, 0.05) is 5.69 Å². The molecule has 0 radical (unpaired) electrons. The molecule has 3 nitrogen and oxygen atoms in total. The van der Waals surface area contributed by atoms with Crippen LogP contribution in [0.2, 0.25) is 0 Å². The molecule has 0 fully saturated rings. The number of para-hydroxylation sites is 2. The quantitative estimate of drug-likeness (QED) is 0.845. The van der Waals surface area contributed by atoms with Gasteiger partial charge in [-0.1, -0.05) is 57.2 Å². The molecule has 0 aromatic heterocycles. The van der Waals surface area contributed by atoms with Crippen LogP contribution in [-0.2, 0) is 4.79 Å². The second kappa shape index (κ2) is 7.64. The summed E-state index contributed by atoms with van der Waals surface area (Å²) in [6.07, 6.45) is 0.118. The minimum Gasteiger partial charge on any atom is -0.481 e. The molecule has 2 aromatic rings. The van der Waals surface area contributed by atoms with Crippen molar-refractivity contribution in [1.29, 1.82) is 0 Å². The number of hydrogen-bond acceptors (Lipinski definition) is 2. The Morgan fingerprint density at radius 1 is 1.05 bits per heavy atom. The van der Waals surface area contributed by atoms with Gasteiger partial charge < -0.3 is 10.1 Å². The molecule has 1 atom stereocenters. The van der Waals surface area contributed by atoms with E-state index < -0.39 is 6.10 Å². The Labute approximate surface area is 132 Å². The fourth-order valence-corrected chi connectivity index (χ4v) is 2.31. The summed E-state index contributed by atoms with van der Waals surface area (Å²) >= 11 is 0. The van der Waals surface area contributed by atoms with Crippen LogP contribution >= 0.6 is 0 Å². The number of benzene rings is 2. The van der Waals surface area contributed by atoms with Crippen molar-refractivity contribution in [2.75, 3.05) is 5.32 Å². The molecule has 0 spiro atoms. The number of hydrogen-bond donors (Lipinski definition) is 1. The fraction of sp³-hybridized carbons (Fsp3) is 0.316. The van der Waals surface area contributed by atoms with Crippen molar-refractivity contribution in [3.05, 3.63) is 60.2 Å². The second-order valence-electron chi connectivity index (χ2n) is 5.56. The number of amides is 1. The van der Waals surface area contributed by atoms with Crippen molar-refractivity contribution in [3.8, 4) is 5.75 Å². The van der Waals surface area contributed by atoms with Gasteiger partial charge in [-0.15, -0.1) is 0 Å². The van der Waals surface area contributed by atoms with Gasteiger partial charge in [-0.25, -0.2) is 0 Å². The van der Waals surface area contributed by atoms with Crippen molar-refractivity contribution in [3.63, 3.8) is 0 Å². The molecule has 0 aliphatic heterocycles. The van der Waals surface area contributed by atoms with Gasteiger partial charge >= 0.3 is 0 Å².